The Labute approximate surface area is 96.6 Å². The minimum absolute atomic E-state index is 0. The molecule has 0 unspecified atom stereocenters. The van der Waals surface area contributed by atoms with Crippen LogP contribution in [-0.2, 0) is 10.1 Å². The van der Waals surface area contributed by atoms with Gasteiger partial charge in [-0.15, -0.1) is 23.7 Å². The molecule has 1 aromatic heterocycles. The molecule has 1 heterocycles. The van der Waals surface area contributed by atoms with Gasteiger partial charge in [-0.05, 0) is 31.9 Å². The number of halogens is 3. The summed E-state index contributed by atoms with van der Waals surface area (Å²) < 4.78 is 30.7. The summed E-state index contributed by atoms with van der Waals surface area (Å²) in [5.41, 5.74) is 0. The van der Waals surface area contributed by atoms with Gasteiger partial charge in [0.25, 0.3) is 0 Å². The van der Waals surface area contributed by atoms with Crippen LogP contribution in [0.5, 0.6) is 0 Å². The Kier molecular flexibility index (Phi) is 4.70. The normalized spacial score (nSPS) is 10.9. The number of hydrogen-bond acceptors (Lipinski definition) is 3. The standard InChI is InChI=1S/C4H2Br2O3S2.ClH/c5-2-1-10-4(3(2)6)11(7,8)9;/h1H,(H,7,8,9);1H. The van der Waals surface area contributed by atoms with Crippen molar-refractivity contribution in [3.63, 3.8) is 0 Å². The number of thiophene rings is 1. The Hall–Kier alpha value is 0.860. The van der Waals surface area contributed by atoms with Crippen molar-refractivity contribution in [2.75, 3.05) is 0 Å². The average Bonchev–Trinajstić information content (AvgIpc) is 2.11. The van der Waals surface area contributed by atoms with Crippen molar-refractivity contribution in [3.8, 4) is 0 Å². The number of hydrogen-bond donors (Lipinski definition) is 1. The van der Waals surface area contributed by atoms with Crippen molar-refractivity contribution in [1.29, 1.82) is 0 Å². The van der Waals surface area contributed by atoms with Crippen LogP contribution in [0.2, 0.25) is 0 Å². The van der Waals surface area contributed by atoms with Crippen LogP contribution in [0.3, 0.4) is 0 Å². The minimum Gasteiger partial charge on any atom is -0.281 e. The molecule has 0 spiro atoms. The van der Waals surface area contributed by atoms with Gasteiger partial charge in [0.15, 0.2) is 4.21 Å². The highest BCUT2D eigenvalue weighted by molar-refractivity contribution is 9.13. The van der Waals surface area contributed by atoms with E-state index in [9.17, 15) is 8.42 Å². The molecule has 3 nitrogen and oxygen atoms in total. The van der Waals surface area contributed by atoms with Crippen LogP contribution in [0, 0.1) is 0 Å². The Balaban J connectivity index is 0.00000121. The molecule has 0 amide bonds. The van der Waals surface area contributed by atoms with E-state index in [1.807, 2.05) is 0 Å². The first-order chi connectivity index (χ1) is 4.93. The van der Waals surface area contributed by atoms with Crippen LogP contribution in [-0.4, -0.2) is 13.0 Å². The summed E-state index contributed by atoms with van der Waals surface area (Å²) in [6, 6.07) is 0. The van der Waals surface area contributed by atoms with Gasteiger partial charge >= 0.3 is 10.1 Å². The summed E-state index contributed by atoms with van der Waals surface area (Å²) in [4.78, 5) is 0. The smallest absolute Gasteiger partial charge is 0.281 e. The molecule has 0 aromatic carbocycles. The predicted octanol–water partition coefficient (Wildman–Crippen LogP) is 2.94. The molecule has 70 valence electrons. The van der Waals surface area contributed by atoms with E-state index in [0.29, 0.717) is 8.95 Å². The van der Waals surface area contributed by atoms with Gasteiger partial charge in [0, 0.05) is 9.85 Å². The maximum Gasteiger partial charge on any atom is 0.305 e. The van der Waals surface area contributed by atoms with E-state index in [-0.39, 0.29) is 16.6 Å². The molecule has 0 radical (unpaired) electrons. The summed E-state index contributed by atoms with van der Waals surface area (Å²) in [6.45, 7) is 0. The van der Waals surface area contributed by atoms with E-state index in [1.54, 1.807) is 5.38 Å². The molecule has 0 fully saturated rings. The summed E-state index contributed by atoms with van der Waals surface area (Å²) in [6.07, 6.45) is 0. The van der Waals surface area contributed by atoms with Crippen molar-refractivity contribution in [1.82, 2.24) is 0 Å². The van der Waals surface area contributed by atoms with Crippen LogP contribution >= 0.6 is 55.6 Å². The molecule has 8 heteroatoms. The lowest BCUT2D eigenvalue weighted by Crippen LogP contribution is -1.94. The van der Waals surface area contributed by atoms with Gasteiger partial charge in [0.05, 0.1) is 4.47 Å². The highest BCUT2D eigenvalue weighted by Crippen LogP contribution is 2.35. The first-order valence-electron chi connectivity index (χ1n) is 2.33. The molecular weight excluding hydrogens is 355 g/mol. The van der Waals surface area contributed by atoms with E-state index >= 15 is 0 Å². The molecule has 0 bridgehead atoms. The largest absolute Gasteiger partial charge is 0.305 e. The summed E-state index contributed by atoms with van der Waals surface area (Å²) >= 11 is 7.06. The lowest BCUT2D eigenvalue weighted by Gasteiger charge is -1.90. The van der Waals surface area contributed by atoms with Crippen molar-refractivity contribution in [2.45, 2.75) is 4.21 Å². The maximum absolute atomic E-state index is 10.6. The Morgan fingerprint density at radius 3 is 2.08 bits per heavy atom. The molecule has 0 aliphatic carbocycles. The van der Waals surface area contributed by atoms with Gasteiger partial charge in [0.2, 0.25) is 0 Å². The molecule has 0 aliphatic rings. The van der Waals surface area contributed by atoms with Crippen molar-refractivity contribution < 1.29 is 13.0 Å². The van der Waals surface area contributed by atoms with E-state index in [4.69, 9.17) is 4.55 Å². The molecule has 1 rings (SSSR count). The molecular formula is C4H3Br2ClO3S2. The SMILES string of the molecule is Cl.O=S(=O)(O)c1scc(Br)c1Br. The van der Waals surface area contributed by atoms with E-state index < -0.39 is 10.1 Å². The average molecular weight is 358 g/mol. The zero-order valence-electron chi connectivity index (χ0n) is 5.32. The Morgan fingerprint density at radius 1 is 1.42 bits per heavy atom. The molecule has 0 saturated heterocycles. The van der Waals surface area contributed by atoms with Gasteiger partial charge < -0.3 is 0 Å². The monoisotopic (exact) mass is 356 g/mol. The molecule has 1 N–H and O–H groups in total. The Morgan fingerprint density at radius 2 is 1.92 bits per heavy atom. The predicted molar refractivity (Wildman–Crippen MR) is 56.8 cm³/mol. The van der Waals surface area contributed by atoms with Crippen molar-refractivity contribution in [2.24, 2.45) is 0 Å². The van der Waals surface area contributed by atoms with Gasteiger partial charge in [-0.1, -0.05) is 0 Å². The maximum atomic E-state index is 10.6. The second-order valence-electron chi connectivity index (χ2n) is 1.66. The van der Waals surface area contributed by atoms with E-state index in [0.717, 1.165) is 11.3 Å². The highest BCUT2D eigenvalue weighted by Gasteiger charge is 2.18. The topological polar surface area (TPSA) is 54.4 Å². The van der Waals surface area contributed by atoms with Crippen LogP contribution in [0.1, 0.15) is 0 Å². The summed E-state index contributed by atoms with van der Waals surface area (Å²) in [7, 11) is -4.07. The third kappa shape index (κ3) is 2.68. The minimum atomic E-state index is -4.07. The fraction of sp³-hybridized carbons (Fsp3) is 0. The van der Waals surface area contributed by atoms with Crippen molar-refractivity contribution >= 4 is 65.7 Å². The van der Waals surface area contributed by atoms with E-state index in [1.165, 1.54) is 0 Å². The fourth-order valence-corrected chi connectivity index (χ4v) is 3.89. The molecule has 0 aliphatic heterocycles. The third-order valence-corrected chi connectivity index (χ3v) is 6.07. The fourth-order valence-electron chi connectivity index (χ4n) is 0.480. The zero-order chi connectivity index (χ0) is 8.65. The Bertz CT molecular complexity index is 372. The second-order valence-corrected chi connectivity index (χ2v) is 5.80. The quantitative estimate of drug-likeness (QED) is 0.786. The molecule has 1 aromatic rings. The zero-order valence-corrected chi connectivity index (χ0v) is 10.9. The van der Waals surface area contributed by atoms with Crippen LogP contribution in [0.25, 0.3) is 0 Å². The first-order valence-corrected chi connectivity index (χ1v) is 6.23. The lowest BCUT2D eigenvalue weighted by molar-refractivity contribution is 0.485. The van der Waals surface area contributed by atoms with E-state index in [2.05, 4.69) is 31.9 Å². The van der Waals surface area contributed by atoms with Crippen LogP contribution in [0.4, 0.5) is 0 Å². The lowest BCUT2D eigenvalue weighted by atomic mass is 10.7. The highest BCUT2D eigenvalue weighted by atomic mass is 79.9. The van der Waals surface area contributed by atoms with Crippen molar-refractivity contribution in [3.05, 3.63) is 14.3 Å². The van der Waals surface area contributed by atoms with Crippen LogP contribution < -0.4 is 0 Å². The summed E-state index contributed by atoms with van der Waals surface area (Å²) in [5, 5.41) is 1.58. The van der Waals surface area contributed by atoms with Gasteiger partial charge in [-0.25, -0.2) is 0 Å². The van der Waals surface area contributed by atoms with Gasteiger partial charge in [-0.3, -0.25) is 4.55 Å². The molecule has 12 heavy (non-hydrogen) atoms. The van der Waals surface area contributed by atoms with Crippen LogP contribution in [0.15, 0.2) is 18.5 Å². The van der Waals surface area contributed by atoms with Gasteiger partial charge in [-0.2, -0.15) is 8.42 Å². The number of rotatable bonds is 1. The van der Waals surface area contributed by atoms with Gasteiger partial charge in [0.1, 0.15) is 0 Å². The first kappa shape index (κ1) is 12.9. The second kappa shape index (κ2) is 4.39. The summed E-state index contributed by atoms with van der Waals surface area (Å²) in [5.74, 6) is 0. The third-order valence-electron chi connectivity index (χ3n) is 0.893. The molecule has 0 atom stereocenters. The molecule has 0 saturated carbocycles.